The number of carbonyl (C=O) groups excluding carboxylic acids is 1. The van der Waals surface area contributed by atoms with E-state index in [2.05, 4.69) is 15.3 Å². The van der Waals surface area contributed by atoms with Crippen LogP contribution in [0.15, 0.2) is 61.1 Å². The Balaban J connectivity index is 1.71. The molecule has 0 radical (unpaired) electrons. The molecule has 0 aliphatic heterocycles. The van der Waals surface area contributed by atoms with Crippen LogP contribution in [0.4, 0.5) is 5.69 Å². The normalized spacial score (nSPS) is 10.8. The first kappa shape index (κ1) is 17.7. The zero-order valence-corrected chi connectivity index (χ0v) is 15.9. The molecule has 1 N–H and O–H groups in total. The van der Waals surface area contributed by atoms with Crippen LogP contribution in [0.25, 0.3) is 17.0 Å². The van der Waals surface area contributed by atoms with Gasteiger partial charge in [0.05, 0.1) is 18.5 Å². The van der Waals surface area contributed by atoms with Crippen molar-refractivity contribution in [1.82, 2.24) is 14.4 Å². The molecule has 0 aliphatic rings. The smallest absolute Gasteiger partial charge is 0.256 e. The molecular weight excluding hydrogens is 352 g/mol. The van der Waals surface area contributed by atoms with Crippen LogP contribution in [0.3, 0.4) is 0 Å². The number of carbonyl (C=O) groups is 1. The SMILES string of the molecule is COc1ccc(-c2cn3cccnc3n2)cc1NC(=O)c1cc(C)ccc1C. The Morgan fingerprint density at radius 3 is 2.79 bits per heavy atom. The van der Waals surface area contributed by atoms with Crippen molar-refractivity contribution in [2.45, 2.75) is 13.8 Å². The maximum Gasteiger partial charge on any atom is 0.256 e. The largest absolute Gasteiger partial charge is 0.495 e. The van der Waals surface area contributed by atoms with Crippen LogP contribution < -0.4 is 10.1 Å². The van der Waals surface area contributed by atoms with Gasteiger partial charge in [-0.25, -0.2) is 9.97 Å². The summed E-state index contributed by atoms with van der Waals surface area (Å²) in [5, 5.41) is 2.98. The third-order valence-corrected chi connectivity index (χ3v) is 4.62. The molecule has 0 spiro atoms. The zero-order chi connectivity index (χ0) is 19.7. The van der Waals surface area contributed by atoms with E-state index < -0.39 is 0 Å². The molecule has 2 aromatic heterocycles. The summed E-state index contributed by atoms with van der Waals surface area (Å²) in [6.45, 7) is 3.89. The lowest BCUT2D eigenvalue weighted by molar-refractivity contribution is 0.102. The topological polar surface area (TPSA) is 68.5 Å². The summed E-state index contributed by atoms with van der Waals surface area (Å²) >= 11 is 0. The van der Waals surface area contributed by atoms with Gasteiger partial charge in [-0.05, 0) is 49.7 Å². The molecule has 0 aliphatic carbocycles. The van der Waals surface area contributed by atoms with Crippen LogP contribution in [-0.2, 0) is 0 Å². The fraction of sp³-hybridized carbons (Fsp3) is 0.136. The van der Waals surface area contributed by atoms with Crippen molar-refractivity contribution in [1.29, 1.82) is 0 Å². The highest BCUT2D eigenvalue weighted by molar-refractivity contribution is 6.06. The second-order valence-corrected chi connectivity index (χ2v) is 6.64. The van der Waals surface area contributed by atoms with Crippen molar-refractivity contribution in [3.63, 3.8) is 0 Å². The minimum Gasteiger partial charge on any atom is -0.495 e. The summed E-state index contributed by atoms with van der Waals surface area (Å²) in [5.74, 6) is 1.03. The average Bonchev–Trinajstić information content (AvgIpc) is 3.14. The highest BCUT2D eigenvalue weighted by Crippen LogP contribution is 2.31. The van der Waals surface area contributed by atoms with Crippen molar-refractivity contribution in [2.75, 3.05) is 12.4 Å². The number of ether oxygens (including phenoxy) is 1. The van der Waals surface area contributed by atoms with Gasteiger partial charge < -0.3 is 10.1 Å². The Labute approximate surface area is 162 Å². The monoisotopic (exact) mass is 372 g/mol. The Kier molecular flexibility index (Phi) is 4.53. The Morgan fingerprint density at radius 1 is 1.14 bits per heavy atom. The van der Waals surface area contributed by atoms with Crippen molar-refractivity contribution >= 4 is 17.4 Å². The number of imidazole rings is 1. The third-order valence-electron chi connectivity index (χ3n) is 4.62. The Hall–Kier alpha value is -3.67. The van der Waals surface area contributed by atoms with Crippen molar-refractivity contribution in [2.24, 2.45) is 0 Å². The van der Waals surface area contributed by atoms with Crippen LogP contribution >= 0.6 is 0 Å². The molecular formula is C22H20N4O2. The molecule has 0 saturated carbocycles. The van der Waals surface area contributed by atoms with Crippen molar-refractivity contribution in [3.8, 4) is 17.0 Å². The second kappa shape index (κ2) is 7.15. The number of amides is 1. The van der Waals surface area contributed by atoms with E-state index in [0.717, 1.165) is 22.4 Å². The van der Waals surface area contributed by atoms with Crippen LogP contribution in [0.2, 0.25) is 0 Å². The van der Waals surface area contributed by atoms with Crippen LogP contribution in [0.5, 0.6) is 5.75 Å². The van der Waals surface area contributed by atoms with Gasteiger partial charge in [-0.3, -0.25) is 9.20 Å². The molecule has 0 saturated heterocycles. The standard InChI is InChI=1S/C22H20N4O2/c1-14-5-6-15(2)17(11-14)21(27)24-18-12-16(7-8-20(18)28-3)19-13-26-10-4-9-23-22(26)25-19/h4-13H,1-3H3,(H,24,27). The fourth-order valence-electron chi connectivity index (χ4n) is 3.10. The van der Waals surface area contributed by atoms with E-state index in [4.69, 9.17) is 4.74 Å². The number of fused-ring (bicyclic) bond motifs is 1. The first-order valence-electron chi connectivity index (χ1n) is 8.92. The average molecular weight is 372 g/mol. The minimum absolute atomic E-state index is 0.173. The minimum atomic E-state index is -0.173. The third kappa shape index (κ3) is 3.32. The molecule has 0 fully saturated rings. The molecule has 6 nitrogen and oxygen atoms in total. The number of benzene rings is 2. The lowest BCUT2D eigenvalue weighted by Crippen LogP contribution is -2.14. The molecule has 0 bridgehead atoms. The number of anilines is 1. The molecule has 0 unspecified atom stereocenters. The Morgan fingerprint density at radius 2 is 2.00 bits per heavy atom. The summed E-state index contributed by atoms with van der Waals surface area (Å²) < 4.78 is 7.29. The van der Waals surface area contributed by atoms with E-state index >= 15 is 0 Å². The van der Waals surface area contributed by atoms with E-state index in [1.54, 1.807) is 13.3 Å². The van der Waals surface area contributed by atoms with Gasteiger partial charge in [0.25, 0.3) is 5.91 Å². The summed E-state index contributed by atoms with van der Waals surface area (Å²) in [6.07, 6.45) is 5.50. The summed E-state index contributed by atoms with van der Waals surface area (Å²) in [4.78, 5) is 21.6. The van der Waals surface area contributed by atoms with E-state index in [1.807, 2.05) is 73.1 Å². The van der Waals surface area contributed by atoms with Gasteiger partial charge in [0.1, 0.15) is 5.75 Å². The maximum absolute atomic E-state index is 12.8. The van der Waals surface area contributed by atoms with Gasteiger partial charge in [0, 0.05) is 29.7 Å². The van der Waals surface area contributed by atoms with E-state index in [0.29, 0.717) is 22.8 Å². The number of aromatic nitrogens is 3. The molecule has 0 atom stereocenters. The summed E-state index contributed by atoms with van der Waals surface area (Å²) in [6, 6.07) is 13.3. The molecule has 140 valence electrons. The summed E-state index contributed by atoms with van der Waals surface area (Å²) in [7, 11) is 1.58. The molecule has 2 heterocycles. The summed E-state index contributed by atoms with van der Waals surface area (Å²) in [5.41, 5.74) is 4.82. The number of nitrogens with one attached hydrogen (secondary N) is 1. The quantitative estimate of drug-likeness (QED) is 0.581. The van der Waals surface area contributed by atoms with E-state index in [1.165, 1.54) is 0 Å². The molecule has 4 rings (SSSR count). The van der Waals surface area contributed by atoms with Gasteiger partial charge >= 0.3 is 0 Å². The predicted molar refractivity (Wildman–Crippen MR) is 109 cm³/mol. The molecule has 2 aromatic carbocycles. The van der Waals surface area contributed by atoms with Gasteiger partial charge in [0.15, 0.2) is 0 Å². The van der Waals surface area contributed by atoms with E-state index in [9.17, 15) is 4.79 Å². The molecule has 28 heavy (non-hydrogen) atoms. The van der Waals surface area contributed by atoms with Crippen LogP contribution in [-0.4, -0.2) is 27.4 Å². The van der Waals surface area contributed by atoms with Crippen LogP contribution in [0.1, 0.15) is 21.5 Å². The van der Waals surface area contributed by atoms with Crippen LogP contribution in [0, 0.1) is 13.8 Å². The van der Waals surface area contributed by atoms with Crippen molar-refractivity contribution in [3.05, 3.63) is 77.7 Å². The molecule has 6 heteroatoms. The highest BCUT2D eigenvalue weighted by Gasteiger charge is 2.14. The van der Waals surface area contributed by atoms with Gasteiger partial charge in [-0.15, -0.1) is 0 Å². The number of rotatable bonds is 4. The maximum atomic E-state index is 12.8. The van der Waals surface area contributed by atoms with Gasteiger partial charge in [-0.2, -0.15) is 0 Å². The Bertz CT molecular complexity index is 1150. The van der Waals surface area contributed by atoms with Gasteiger partial charge in [0.2, 0.25) is 5.78 Å². The first-order valence-corrected chi connectivity index (χ1v) is 8.92. The van der Waals surface area contributed by atoms with Gasteiger partial charge in [-0.1, -0.05) is 17.7 Å². The zero-order valence-electron chi connectivity index (χ0n) is 15.9. The molecule has 4 aromatic rings. The van der Waals surface area contributed by atoms with Crippen molar-refractivity contribution < 1.29 is 9.53 Å². The number of hydrogen-bond donors (Lipinski definition) is 1. The number of nitrogens with zero attached hydrogens (tertiary/aromatic N) is 3. The lowest BCUT2D eigenvalue weighted by atomic mass is 10.0. The van der Waals surface area contributed by atoms with E-state index in [-0.39, 0.29) is 5.91 Å². The number of methoxy groups -OCH3 is 1. The number of hydrogen-bond acceptors (Lipinski definition) is 4. The fourth-order valence-corrected chi connectivity index (χ4v) is 3.10. The number of aryl methyl sites for hydroxylation is 2. The molecule has 1 amide bonds. The highest BCUT2D eigenvalue weighted by atomic mass is 16.5. The second-order valence-electron chi connectivity index (χ2n) is 6.64. The first-order chi connectivity index (χ1) is 13.5. The predicted octanol–water partition coefficient (Wildman–Crippen LogP) is 4.27. The lowest BCUT2D eigenvalue weighted by Gasteiger charge is -2.13.